The summed E-state index contributed by atoms with van der Waals surface area (Å²) >= 11 is 0. The van der Waals surface area contributed by atoms with Gasteiger partial charge in [0.2, 0.25) is 11.8 Å². The van der Waals surface area contributed by atoms with Gasteiger partial charge < -0.3 is 4.90 Å². The molecule has 4 rings (SSSR count). The largest absolute Gasteiger partial charge is 0.322 e. The van der Waals surface area contributed by atoms with Crippen molar-refractivity contribution in [3.63, 3.8) is 0 Å². The molecule has 1 atom stereocenters. The Morgan fingerprint density at radius 2 is 1.85 bits per heavy atom. The van der Waals surface area contributed by atoms with Gasteiger partial charge in [-0.1, -0.05) is 12.1 Å². The lowest BCUT2D eigenvalue weighted by Gasteiger charge is -2.29. The number of piperidine rings is 1. The number of hydrogen-bond donors (Lipinski definition) is 3. The highest BCUT2D eigenvalue weighted by Crippen LogP contribution is 2.28. The summed E-state index contributed by atoms with van der Waals surface area (Å²) in [5.74, 6) is -0.748. The second kappa shape index (κ2) is 7.14. The molecule has 0 saturated carbocycles. The predicted molar refractivity (Wildman–Crippen MR) is 93.8 cm³/mol. The second-order valence-electron chi connectivity index (χ2n) is 7.02. The summed E-state index contributed by atoms with van der Waals surface area (Å²) in [5.41, 5.74) is 9.02. The lowest BCUT2D eigenvalue weighted by Crippen LogP contribution is -2.52. The van der Waals surface area contributed by atoms with E-state index in [-0.39, 0.29) is 24.1 Å². The lowest BCUT2D eigenvalue weighted by molar-refractivity contribution is -0.136. The smallest absolute Gasteiger partial charge is 0.255 e. The Morgan fingerprint density at radius 3 is 2.58 bits per heavy atom. The number of benzene rings is 1. The zero-order chi connectivity index (χ0) is 18.1. The van der Waals surface area contributed by atoms with E-state index < -0.39 is 6.04 Å². The van der Waals surface area contributed by atoms with Crippen LogP contribution in [0.4, 0.5) is 0 Å². The minimum atomic E-state index is -0.557. The molecule has 3 aliphatic heterocycles. The normalized spacial score (nSPS) is 24.4. The van der Waals surface area contributed by atoms with Gasteiger partial charge in [0.15, 0.2) is 0 Å². The maximum Gasteiger partial charge on any atom is 0.255 e. The highest BCUT2D eigenvalue weighted by molar-refractivity contribution is 6.05. The van der Waals surface area contributed by atoms with Crippen molar-refractivity contribution in [2.75, 3.05) is 26.2 Å². The zero-order valence-corrected chi connectivity index (χ0v) is 14.6. The van der Waals surface area contributed by atoms with Crippen LogP contribution in [0.5, 0.6) is 0 Å². The minimum Gasteiger partial charge on any atom is -0.322 e. The van der Waals surface area contributed by atoms with E-state index in [0.717, 1.165) is 43.9 Å². The quantitative estimate of drug-likeness (QED) is 0.623. The Morgan fingerprint density at radius 1 is 1.08 bits per heavy atom. The third kappa shape index (κ3) is 3.35. The van der Waals surface area contributed by atoms with Gasteiger partial charge >= 0.3 is 0 Å². The summed E-state index contributed by atoms with van der Waals surface area (Å²) in [6, 6.07) is 5.45. The fourth-order valence-corrected chi connectivity index (χ4v) is 3.83. The zero-order valence-electron chi connectivity index (χ0n) is 14.6. The van der Waals surface area contributed by atoms with Crippen LogP contribution < -0.4 is 16.2 Å². The second-order valence-corrected chi connectivity index (χ2v) is 7.02. The molecule has 8 heteroatoms. The van der Waals surface area contributed by atoms with Gasteiger partial charge in [0.1, 0.15) is 6.04 Å². The fourth-order valence-electron chi connectivity index (χ4n) is 3.83. The Balaban J connectivity index is 1.48. The number of amides is 3. The number of carbonyl (C=O) groups excluding carboxylic acids is 3. The van der Waals surface area contributed by atoms with Crippen molar-refractivity contribution in [1.29, 1.82) is 0 Å². The first-order valence-electron chi connectivity index (χ1n) is 9.06. The van der Waals surface area contributed by atoms with Crippen LogP contribution in [0.3, 0.4) is 0 Å². The molecule has 0 aliphatic carbocycles. The van der Waals surface area contributed by atoms with Crippen LogP contribution in [-0.2, 0) is 22.7 Å². The van der Waals surface area contributed by atoms with E-state index in [1.807, 2.05) is 12.1 Å². The third-order valence-corrected chi connectivity index (χ3v) is 5.23. The molecule has 3 aliphatic rings. The van der Waals surface area contributed by atoms with E-state index in [1.165, 1.54) is 0 Å². The number of nitrogens with zero attached hydrogens (tertiary/aromatic N) is 2. The number of hydrazine groups is 1. The van der Waals surface area contributed by atoms with Crippen LogP contribution in [0.25, 0.3) is 0 Å². The average molecular weight is 357 g/mol. The number of hydrogen-bond acceptors (Lipinski definition) is 6. The Bertz CT molecular complexity index is 742. The first-order valence-corrected chi connectivity index (χ1v) is 9.06. The SMILES string of the molecule is O=C1CCC(N2Cc3ccc(CN4CCNNCC4)cc3C2=O)C(=O)N1. The fraction of sp³-hybridized carbons (Fsp3) is 0.500. The van der Waals surface area contributed by atoms with Crippen molar-refractivity contribution in [2.45, 2.75) is 32.0 Å². The van der Waals surface area contributed by atoms with Crippen LogP contribution in [0.2, 0.25) is 0 Å². The number of rotatable bonds is 3. The molecule has 2 fully saturated rings. The van der Waals surface area contributed by atoms with E-state index >= 15 is 0 Å². The molecule has 0 aromatic heterocycles. The molecule has 1 aromatic carbocycles. The number of carbonyl (C=O) groups is 3. The molecule has 26 heavy (non-hydrogen) atoms. The van der Waals surface area contributed by atoms with E-state index in [0.29, 0.717) is 18.5 Å². The molecule has 3 heterocycles. The van der Waals surface area contributed by atoms with Gasteiger partial charge in [-0.15, -0.1) is 0 Å². The molecule has 2 saturated heterocycles. The molecule has 138 valence electrons. The van der Waals surface area contributed by atoms with E-state index in [4.69, 9.17) is 0 Å². The van der Waals surface area contributed by atoms with E-state index in [1.54, 1.807) is 4.90 Å². The molecule has 3 amide bonds. The first-order chi connectivity index (χ1) is 12.6. The van der Waals surface area contributed by atoms with Crippen molar-refractivity contribution >= 4 is 17.7 Å². The third-order valence-electron chi connectivity index (χ3n) is 5.23. The lowest BCUT2D eigenvalue weighted by atomic mass is 10.0. The molecule has 3 N–H and O–H groups in total. The average Bonchev–Trinajstić information content (AvgIpc) is 2.79. The van der Waals surface area contributed by atoms with Gasteiger partial charge in [-0.3, -0.25) is 35.5 Å². The van der Waals surface area contributed by atoms with Gasteiger partial charge in [-0.05, 0) is 23.6 Å². The van der Waals surface area contributed by atoms with Crippen molar-refractivity contribution in [1.82, 2.24) is 26.0 Å². The maximum absolute atomic E-state index is 12.8. The summed E-state index contributed by atoms with van der Waals surface area (Å²) in [5, 5.41) is 2.33. The summed E-state index contributed by atoms with van der Waals surface area (Å²) < 4.78 is 0. The molecule has 8 nitrogen and oxygen atoms in total. The van der Waals surface area contributed by atoms with Crippen molar-refractivity contribution < 1.29 is 14.4 Å². The number of imide groups is 1. The predicted octanol–water partition coefficient (Wildman–Crippen LogP) is -0.643. The van der Waals surface area contributed by atoms with Crippen LogP contribution in [0, 0.1) is 0 Å². The molecular weight excluding hydrogens is 334 g/mol. The van der Waals surface area contributed by atoms with Gasteiger partial charge in [0.25, 0.3) is 5.91 Å². The molecular formula is C18H23N5O3. The van der Waals surface area contributed by atoms with Crippen LogP contribution in [0.1, 0.15) is 34.3 Å². The first kappa shape index (κ1) is 17.1. The molecule has 0 bridgehead atoms. The number of fused-ring (bicyclic) bond motifs is 1. The van der Waals surface area contributed by atoms with Gasteiger partial charge in [-0.2, -0.15) is 0 Å². The molecule has 1 unspecified atom stereocenters. The van der Waals surface area contributed by atoms with Crippen LogP contribution in [-0.4, -0.2) is 59.7 Å². The highest BCUT2D eigenvalue weighted by atomic mass is 16.2. The standard InChI is InChI=1S/C18H23N5O3/c24-16-4-3-15(17(25)21-16)23-11-13-2-1-12(9-14(13)18(23)26)10-22-7-5-19-20-6-8-22/h1-2,9,15,19-20H,3-8,10-11H2,(H,21,24,25). The Labute approximate surface area is 151 Å². The minimum absolute atomic E-state index is 0.115. The maximum atomic E-state index is 12.8. The Hall–Kier alpha value is -2.29. The summed E-state index contributed by atoms with van der Waals surface area (Å²) in [6.07, 6.45) is 0.670. The van der Waals surface area contributed by atoms with Crippen LogP contribution in [0.15, 0.2) is 18.2 Å². The van der Waals surface area contributed by atoms with Gasteiger partial charge in [0.05, 0.1) is 0 Å². The van der Waals surface area contributed by atoms with Crippen molar-refractivity contribution in [3.05, 3.63) is 34.9 Å². The molecule has 0 radical (unpaired) electrons. The van der Waals surface area contributed by atoms with Gasteiger partial charge in [-0.25, -0.2) is 0 Å². The van der Waals surface area contributed by atoms with Crippen molar-refractivity contribution in [3.8, 4) is 0 Å². The molecule has 1 aromatic rings. The van der Waals surface area contributed by atoms with Crippen molar-refractivity contribution in [2.24, 2.45) is 0 Å². The topological polar surface area (TPSA) is 93.8 Å². The summed E-state index contributed by atoms with van der Waals surface area (Å²) in [6.45, 7) is 4.88. The Kier molecular flexibility index (Phi) is 4.71. The van der Waals surface area contributed by atoms with Crippen LogP contribution >= 0.6 is 0 Å². The summed E-state index contributed by atoms with van der Waals surface area (Å²) in [4.78, 5) is 40.2. The van der Waals surface area contributed by atoms with Gasteiger partial charge in [0, 0.05) is 51.3 Å². The molecule has 0 spiro atoms. The van der Waals surface area contributed by atoms with E-state index in [2.05, 4.69) is 27.1 Å². The summed E-state index contributed by atoms with van der Waals surface area (Å²) in [7, 11) is 0. The highest BCUT2D eigenvalue weighted by Gasteiger charge is 2.39. The number of nitrogens with one attached hydrogen (secondary N) is 3. The monoisotopic (exact) mass is 357 g/mol. The van der Waals surface area contributed by atoms with E-state index in [9.17, 15) is 14.4 Å².